The second kappa shape index (κ2) is 7.73. The first-order valence-electron chi connectivity index (χ1n) is 11.9. The minimum Gasteiger partial charge on any atom is -0.506 e. The highest BCUT2D eigenvalue weighted by Gasteiger charge is 2.55. The van der Waals surface area contributed by atoms with Crippen LogP contribution >= 0.6 is 0 Å². The van der Waals surface area contributed by atoms with E-state index in [1.165, 1.54) is 12.0 Å². The number of carbonyl (C=O) groups excluding carboxylic acids is 1. The van der Waals surface area contributed by atoms with Gasteiger partial charge in [0.25, 0.3) is 5.91 Å². The van der Waals surface area contributed by atoms with E-state index in [0.29, 0.717) is 17.0 Å². The number of benzene rings is 2. The van der Waals surface area contributed by atoms with Gasteiger partial charge >= 0.3 is 0 Å². The lowest BCUT2D eigenvalue weighted by Gasteiger charge is -2.34. The Balaban J connectivity index is 1.12. The molecule has 6 nitrogen and oxygen atoms in total. The van der Waals surface area contributed by atoms with E-state index in [-0.39, 0.29) is 17.8 Å². The number of aliphatic hydroxyl groups is 1. The van der Waals surface area contributed by atoms with Crippen molar-refractivity contribution in [3.63, 3.8) is 0 Å². The zero-order valence-corrected chi connectivity index (χ0v) is 18.7. The van der Waals surface area contributed by atoms with Crippen molar-refractivity contribution in [3.05, 3.63) is 60.3 Å². The molecule has 2 N–H and O–H groups in total. The molecular weight excluding hydrogens is 414 g/mol. The number of ether oxygens (including phenoxy) is 1. The molecule has 3 aromatic rings. The number of aromatic nitrogens is 2. The van der Waals surface area contributed by atoms with Crippen LogP contribution in [-0.2, 0) is 9.53 Å². The number of carbonyl (C=O) groups is 1. The second-order valence-electron chi connectivity index (χ2n) is 9.85. The molecule has 3 fully saturated rings. The molecule has 1 amide bonds. The van der Waals surface area contributed by atoms with E-state index >= 15 is 0 Å². The maximum absolute atomic E-state index is 12.6. The van der Waals surface area contributed by atoms with Gasteiger partial charge in [-0.25, -0.2) is 0 Å². The van der Waals surface area contributed by atoms with Gasteiger partial charge in [0.2, 0.25) is 0 Å². The highest BCUT2D eigenvalue weighted by Crippen LogP contribution is 2.65. The van der Waals surface area contributed by atoms with Crippen molar-refractivity contribution < 1.29 is 14.6 Å². The quantitative estimate of drug-likeness (QED) is 0.554. The number of hydrogen-bond acceptors (Lipinski definition) is 4. The summed E-state index contributed by atoms with van der Waals surface area (Å²) < 4.78 is 5.60. The molecule has 1 aromatic heterocycles. The largest absolute Gasteiger partial charge is 0.506 e. The van der Waals surface area contributed by atoms with Gasteiger partial charge in [-0.2, -0.15) is 5.10 Å². The summed E-state index contributed by atoms with van der Waals surface area (Å²) in [6.07, 6.45) is 5.08. The Morgan fingerprint density at radius 2 is 1.91 bits per heavy atom. The van der Waals surface area contributed by atoms with Crippen LogP contribution in [0.25, 0.3) is 27.8 Å². The number of aliphatic hydroxyl groups excluding tert-OH is 1. The normalized spacial score (nSPS) is 23.8. The highest BCUT2D eigenvalue weighted by molar-refractivity contribution is 5.91. The number of amides is 1. The van der Waals surface area contributed by atoms with E-state index < -0.39 is 0 Å². The summed E-state index contributed by atoms with van der Waals surface area (Å²) in [6, 6.07) is 15.0. The first-order chi connectivity index (χ1) is 16.0. The molecule has 1 saturated carbocycles. The molecule has 2 saturated heterocycles. The maximum atomic E-state index is 12.6. The van der Waals surface area contributed by atoms with Crippen molar-refractivity contribution in [1.29, 1.82) is 0 Å². The number of rotatable bonds is 4. The summed E-state index contributed by atoms with van der Waals surface area (Å²) in [5, 5.41) is 17.7. The fourth-order valence-electron chi connectivity index (χ4n) is 5.85. The van der Waals surface area contributed by atoms with Crippen molar-refractivity contribution in [1.82, 2.24) is 15.1 Å². The van der Waals surface area contributed by atoms with E-state index in [1.807, 2.05) is 11.0 Å². The van der Waals surface area contributed by atoms with Crippen LogP contribution in [0.15, 0.2) is 49.0 Å². The lowest BCUT2D eigenvalue weighted by Crippen LogP contribution is -2.44. The van der Waals surface area contributed by atoms with Crippen LogP contribution in [-0.4, -0.2) is 51.9 Å². The molecule has 6 rings (SSSR count). The Labute approximate surface area is 193 Å². The minimum atomic E-state index is -0.198. The van der Waals surface area contributed by atoms with Crippen molar-refractivity contribution >= 4 is 22.6 Å². The van der Waals surface area contributed by atoms with E-state index in [1.54, 1.807) is 0 Å². The molecule has 33 heavy (non-hydrogen) atoms. The fourth-order valence-corrected chi connectivity index (χ4v) is 5.85. The zero-order chi connectivity index (χ0) is 22.6. The number of hydrogen-bond donors (Lipinski definition) is 2. The van der Waals surface area contributed by atoms with Gasteiger partial charge < -0.3 is 14.7 Å². The molecule has 1 aliphatic carbocycles. The Hall–Kier alpha value is -3.12. The summed E-state index contributed by atoms with van der Waals surface area (Å²) in [4.78, 5) is 14.7. The smallest absolute Gasteiger partial charge is 0.251 e. The SMILES string of the molecule is C=C(O)c1n[nH]c2cc(-c3ccc(C4CC45CCN(C(=O)C4CCCO4)CC5)cc3)ccc12. The summed E-state index contributed by atoms with van der Waals surface area (Å²) in [5.41, 5.74) is 5.42. The monoisotopic (exact) mass is 443 g/mol. The Morgan fingerprint density at radius 3 is 2.61 bits per heavy atom. The molecule has 0 bridgehead atoms. The van der Waals surface area contributed by atoms with Gasteiger partial charge in [0.15, 0.2) is 0 Å². The predicted octanol–water partition coefficient (Wildman–Crippen LogP) is 5.03. The van der Waals surface area contributed by atoms with E-state index in [9.17, 15) is 9.90 Å². The van der Waals surface area contributed by atoms with Gasteiger partial charge in [-0.3, -0.25) is 9.89 Å². The number of piperidine rings is 1. The van der Waals surface area contributed by atoms with Gasteiger partial charge in [-0.15, -0.1) is 0 Å². The third kappa shape index (κ3) is 3.53. The summed E-state index contributed by atoms with van der Waals surface area (Å²) in [7, 11) is 0. The number of nitrogens with zero attached hydrogens (tertiary/aromatic N) is 2. The van der Waals surface area contributed by atoms with Crippen molar-refractivity contribution in [2.75, 3.05) is 19.7 Å². The Morgan fingerprint density at radius 1 is 1.15 bits per heavy atom. The molecule has 3 aliphatic rings. The van der Waals surface area contributed by atoms with Crippen LogP contribution in [0.2, 0.25) is 0 Å². The van der Waals surface area contributed by atoms with E-state index in [2.05, 4.69) is 53.2 Å². The molecule has 2 unspecified atom stereocenters. The summed E-state index contributed by atoms with van der Waals surface area (Å²) in [6.45, 7) is 6.02. The second-order valence-corrected chi connectivity index (χ2v) is 9.85. The van der Waals surface area contributed by atoms with Crippen LogP contribution in [0.5, 0.6) is 0 Å². The van der Waals surface area contributed by atoms with Gasteiger partial charge in [-0.1, -0.05) is 36.9 Å². The van der Waals surface area contributed by atoms with Gasteiger partial charge in [-0.05, 0) is 72.3 Å². The number of fused-ring (bicyclic) bond motifs is 1. The summed E-state index contributed by atoms with van der Waals surface area (Å²) in [5.74, 6) is 0.770. The van der Waals surface area contributed by atoms with Crippen molar-refractivity contribution in [2.45, 2.75) is 44.1 Å². The standard InChI is InChI=1S/C27H29N3O3/c1-17(31)25-21-9-8-20(15-23(21)28-29-25)18-4-6-19(7-5-18)22-16-27(22)10-12-30(13-11-27)26(32)24-3-2-14-33-24/h4-9,15,22,24,31H,1-3,10-14,16H2,(H,28,29). The molecule has 2 aromatic carbocycles. The van der Waals surface area contributed by atoms with Crippen LogP contribution in [0.3, 0.4) is 0 Å². The lowest BCUT2D eigenvalue weighted by molar-refractivity contribution is -0.142. The topological polar surface area (TPSA) is 78.5 Å². The molecule has 6 heteroatoms. The van der Waals surface area contributed by atoms with Crippen LogP contribution < -0.4 is 0 Å². The molecule has 0 radical (unpaired) electrons. The Kier molecular flexibility index (Phi) is 4.80. The van der Waals surface area contributed by atoms with E-state index in [4.69, 9.17) is 4.74 Å². The number of H-pyrrole nitrogens is 1. The van der Waals surface area contributed by atoms with Crippen molar-refractivity contribution in [3.8, 4) is 11.1 Å². The molecule has 1 spiro atoms. The first kappa shape index (κ1) is 20.5. The molecule has 170 valence electrons. The number of likely N-dealkylation sites (tertiary alicyclic amines) is 1. The predicted molar refractivity (Wildman–Crippen MR) is 128 cm³/mol. The first-order valence-corrected chi connectivity index (χ1v) is 11.9. The molecule has 2 atom stereocenters. The Bertz CT molecular complexity index is 1220. The number of nitrogens with one attached hydrogen (secondary N) is 1. The molecule has 2 aliphatic heterocycles. The molecular formula is C27H29N3O3. The maximum Gasteiger partial charge on any atom is 0.251 e. The molecule has 3 heterocycles. The van der Waals surface area contributed by atoms with Crippen molar-refractivity contribution in [2.24, 2.45) is 5.41 Å². The van der Waals surface area contributed by atoms with Crippen LogP contribution in [0.1, 0.15) is 49.3 Å². The number of aromatic amines is 1. The summed E-state index contributed by atoms with van der Waals surface area (Å²) >= 11 is 0. The minimum absolute atomic E-state index is 0.0289. The highest BCUT2D eigenvalue weighted by atomic mass is 16.5. The average Bonchev–Trinajstić information content (AvgIpc) is 3.21. The van der Waals surface area contributed by atoms with Gasteiger partial charge in [0.05, 0.1) is 5.52 Å². The van der Waals surface area contributed by atoms with E-state index in [0.717, 1.165) is 67.4 Å². The van der Waals surface area contributed by atoms with Gasteiger partial charge in [0.1, 0.15) is 17.6 Å². The van der Waals surface area contributed by atoms with Gasteiger partial charge in [0, 0.05) is 25.1 Å². The third-order valence-corrected chi connectivity index (χ3v) is 7.95. The zero-order valence-electron chi connectivity index (χ0n) is 18.7. The third-order valence-electron chi connectivity index (χ3n) is 7.95. The average molecular weight is 444 g/mol. The van der Waals surface area contributed by atoms with Crippen LogP contribution in [0.4, 0.5) is 0 Å². The lowest BCUT2D eigenvalue weighted by atomic mass is 9.88. The fraction of sp³-hybridized carbons (Fsp3) is 0.407. The van der Waals surface area contributed by atoms with Crippen LogP contribution in [0, 0.1) is 5.41 Å².